The van der Waals surface area contributed by atoms with Crippen LogP contribution in [0.25, 0.3) is 0 Å². The molecule has 2 nitrogen and oxygen atoms in total. The first-order valence-electron chi connectivity index (χ1n) is 5.30. The Morgan fingerprint density at radius 3 is 2.62 bits per heavy atom. The Hall–Kier alpha value is -0.790. The van der Waals surface area contributed by atoms with Crippen LogP contribution < -0.4 is 0 Å². The van der Waals surface area contributed by atoms with Crippen molar-refractivity contribution in [2.75, 3.05) is 0 Å². The highest BCUT2D eigenvalue weighted by Gasteiger charge is 2.17. The van der Waals surface area contributed by atoms with Crippen molar-refractivity contribution in [3.63, 3.8) is 0 Å². The summed E-state index contributed by atoms with van der Waals surface area (Å²) in [6.07, 6.45) is 9.69. The monoisotopic (exact) mass is 178 g/mol. The van der Waals surface area contributed by atoms with Crippen molar-refractivity contribution >= 4 is 0 Å². The van der Waals surface area contributed by atoms with Gasteiger partial charge in [-0.2, -0.15) is 0 Å². The topological polar surface area (TPSA) is 17.8 Å². The molecule has 0 unspecified atom stereocenters. The number of nitrogens with zero attached hydrogens (tertiary/aromatic N) is 2. The van der Waals surface area contributed by atoms with Crippen molar-refractivity contribution in [1.82, 2.24) is 9.55 Å². The van der Waals surface area contributed by atoms with Gasteiger partial charge < -0.3 is 4.57 Å². The Bertz CT molecular complexity index is 269. The SMILES string of the molecule is CC(C)c1cn(C2CCCC2)cn1. The van der Waals surface area contributed by atoms with Crippen molar-refractivity contribution in [3.8, 4) is 0 Å². The minimum Gasteiger partial charge on any atom is -0.334 e. The average Bonchev–Trinajstić information content (AvgIpc) is 2.75. The lowest BCUT2D eigenvalue weighted by Gasteiger charge is -2.09. The molecule has 0 aliphatic heterocycles. The second-order valence-corrected chi connectivity index (χ2v) is 4.34. The largest absolute Gasteiger partial charge is 0.334 e. The van der Waals surface area contributed by atoms with Crippen LogP contribution in [0, 0.1) is 0 Å². The summed E-state index contributed by atoms with van der Waals surface area (Å²) in [4.78, 5) is 4.42. The Morgan fingerprint density at radius 1 is 1.38 bits per heavy atom. The molecule has 72 valence electrons. The van der Waals surface area contributed by atoms with Gasteiger partial charge in [0.15, 0.2) is 0 Å². The first-order valence-corrected chi connectivity index (χ1v) is 5.30. The number of rotatable bonds is 2. The molecule has 2 rings (SSSR count). The van der Waals surface area contributed by atoms with Gasteiger partial charge >= 0.3 is 0 Å². The molecule has 0 radical (unpaired) electrons. The second kappa shape index (κ2) is 3.52. The number of hydrogen-bond donors (Lipinski definition) is 0. The van der Waals surface area contributed by atoms with Crippen molar-refractivity contribution in [1.29, 1.82) is 0 Å². The van der Waals surface area contributed by atoms with Gasteiger partial charge in [-0.1, -0.05) is 26.7 Å². The van der Waals surface area contributed by atoms with E-state index in [1.54, 1.807) is 0 Å². The van der Waals surface area contributed by atoms with E-state index in [0.717, 1.165) is 6.04 Å². The molecule has 0 atom stereocenters. The van der Waals surface area contributed by atoms with Crippen LogP contribution in [0.4, 0.5) is 0 Å². The Kier molecular flexibility index (Phi) is 2.38. The van der Waals surface area contributed by atoms with Crippen LogP contribution >= 0.6 is 0 Å². The molecule has 1 aliphatic carbocycles. The predicted molar refractivity (Wildman–Crippen MR) is 53.8 cm³/mol. The van der Waals surface area contributed by atoms with E-state index in [0.29, 0.717) is 5.92 Å². The number of aromatic nitrogens is 2. The third kappa shape index (κ3) is 1.77. The van der Waals surface area contributed by atoms with E-state index in [2.05, 4.69) is 29.6 Å². The molecule has 0 amide bonds. The predicted octanol–water partition coefficient (Wildman–Crippen LogP) is 3.12. The van der Waals surface area contributed by atoms with E-state index >= 15 is 0 Å². The van der Waals surface area contributed by atoms with E-state index in [9.17, 15) is 0 Å². The quantitative estimate of drug-likeness (QED) is 0.680. The Morgan fingerprint density at radius 2 is 2.08 bits per heavy atom. The minimum atomic E-state index is 0.558. The number of hydrogen-bond acceptors (Lipinski definition) is 1. The van der Waals surface area contributed by atoms with Crippen LogP contribution in [-0.4, -0.2) is 9.55 Å². The molecular formula is C11H18N2. The van der Waals surface area contributed by atoms with Crippen LogP contribution in [0.5, 0.6) is 0 Å². The van der Waals surface area contributed by atoms with Gasteiger partial charge in [0.25, 0.3) is 0 Å². The Balaban J connectivity index is 2.12. The van der Waals surface area contributed by atoms with Gasteiger partial charge in [-0.3, -0.25) is 0 Å². The third-order valence-electron chi connectivity index (χ3n) is 2.96. The molecule has 1 fully saturated rings. The van der Waals surface area contributed by atoms with E-state index < -0.39 is 0 Å². The molecule has 1 aromatic heterocycles. The number of imidazole rings is 1. The molecule has 1 heterocycles. The molecule has 0 bridgehead atoms. The van der Waals surface area contributed by atoms with E-state index in [4.69, 9.17) is 0 Å². The Labute approximate surface area is 80.0 Å². The zero-order valence-corrected chi connectivity index (χ0v) is 8.53. The second-order valence-electron chi connectivity index (χ2n) is 4.34. The maximum atomic E-state index is 4.42. The van der Waals surface area contributed by atoms with Crippen LogP contribution in [0.2, 0.25) is 0 Å². The third-order valence-corrected chi connectivity index (χ3v) is 2.96. The maximum Gasteiger partial charge on any atom is 0.0952 e. The highest BCUT2D eigenvalue weighted by atomic mass is 15.1. The summed E-state index contributed by atoms with van der Waals surface area (Å²) in [5.41, 5.74) is 1.23. The molecule has 0 aromatic carbocycles. The lowest BCUT2D eigenvalue weighted by molar-refractivity contribution is 0.517. The normalized spacial score (nSPS) is 18.7. The van der Waals surface area contributed by atoms with Crippen molar-refractivity contribution in [2.45, 2.75) is 51.5 Å². The van der Waals surface area contributed by atoms with Gasteiger partial charge in [0.1, 0.15) is 0 Å². The van der Waals surface area contributed by atoms with Crippen LogP contribution in [0.15, 0.2) is 12.5 Å². The van der Waals surface area contributed by atoms with E-state index in [-0.39, 0.29) is 0 Å². The van der Waals surface area contributed by atoms with Crippen molar-refractivity contribution in [3.05, 3.63) is 18.2 Å². The van der Waals surface area contributed by atoms with Gasteiger partial charge in [0.2, 0.25) is 0 Å². The van der Waals surface area contributed by atoms with Gasteiger partial charge in [-0.25, -0.2) is 4.98 Å². The fourth-order valence-corrected chi connectivity index (χ4v) is 2.05. The molecule has 0 saturated heterocycles. The molecule has 2 heteroatoms. The van der Waals surface area contributed by atoms with Crippen LogP contribution in [0.3, 0.4) is 0 Å². The zero-order valence-electron chi connectivity index (χ0n) is 8.53. The summed E-state index contributed by atoms with van der Waals surface area (Å²) < 4.78 is 2.31. The molecular weight excluding hydrogens is 160 g/mol. The van der Waals surface area contributed by atoms with E-state index in [1.165, 1.54) is 31.4 Å². The first kappa shape index (κ1) is 8.79. The average molecular weight is 178 g/mol. The van der Waals surface area contributed by atoms with Gasteiger partial charge in [-0.05, 0) is 18.8 Å². The molecule has 1 aliphatic rings. The molecule has 0 N–H and O–H groups in total. The maximum absolute atomic E-state index is 4.42. The van der Waals surface area contributed by atoms with Gasteiger partial charge in [-0.15, -0.1) is 0 Å². The van der Waals surface area contributed by atoms with Gasteiger partial charge in [0, 0.05) is 12.2 Å². The van der Waals surface area contributed by atoms with Crippen molar-refractivity contribution in [2.24, 2.45) is 0 Å². The zero-order chi connectivity index (χ0) is 9.26. The minimum absolute atomic E-state index is 0.558. The fraction of sp³-hybridized carbons (Fsp3) is 0.727. The first-order chi connectivity index (χ1) is 6.27. The highest BCUT2D eigenvalue weighted by molar-refractivity contribution is 5.03. The fourth-order valence-electron chi connectivity index (χ4n) is 2.05. The summed E-state index contributed by atoms with van der Waals surface area (Å²) in [5, 5.41) is 0. The van der Waals surface area contributed by atoms with Crippen molar-refractivity contribution < 1.29 is 0 Å². The van der Waals surface area contributed by atoms with Crippen LogP contribution in [0.1, 0.15) is 57.2 Å². The smallest absolute Gasteiger partial charge is 0.0952 e. The van der Waals surface area contributed by atoms with Gasteiger partial charge in [0.05, 0.1) is 12.0 Å². The van der Waals surface area contributed by atoms with Crippen LogP contribution in [-0.2, 0) is 0 Å². The summed E-state index contributed by atoms with van der Waals surface area (Å²) in [6, 6.07) is 0.736. The lowest BCUT2D eigenvalue weighted by Crippen LogP contribution is -2.01. The standard InChI is InChI=1S/C11H18N2/c1-9(2)11-7-13(8-12-11)10-5-3-4-6-10/h7-10H,3-6H2,1-2H3. The molecule has 1 aromatic rings. The lowest BCUT2D eigenvalue weighted by atomic mass is 10.1. The summed E-state index contributed by atoms with van der Waals surface area (Å²) in [5.74, 6) is 0.558. The molecule has 13 heavy (non-hydrogen) atoms. The summed E-state index contributed by atoms with van der Waals surface area (Å²) in [6.45, 7) is 4.39. The highest BCUT2D eigenvalue weighted by Crippen LogP contribution is 2.29. The molecule has 0 spiro atoms. The van der Waals surface area contributed by atoms with E-state index in [1.807, 2.05) is 6.33 Å². The summed E-state index contributed by atoms with van der Waals surface area (Å²) in [7, 11) is 0. The summed E-state index contributed by atoms with van der Waals surface area (Å²) >= 11 is 0. The molecule has 1 saturated carbocycles.